The lowest BCUT2D eigenvalue weighted by molar-refractivity contribution is 0.151. The van der Waals surface area contributed by atoms with Crippen LogP contribution >= 0.6 is 0 Å². The summed E-state index contributed by atoms with van der Waals surface area (Å²) in [5.74, 6) is 1.62. The zero-order valence-corrected chi connectivity index (χ0v) is 17.0. The van der Waals surface area contributed by atoms with Gasteiger partial charge in [-0.05, 0) is 25.1 Å². The predicted molar refractivity (Wildman–Crippen MR) is 107 cm³/mol. The van der Waals surface area contributed by atoms with Crippen LogP contribution in [0.2, 0.25) is 0 Å². The van der Waals surface area contributed by atoms with Gasteiger partial charge in [0.2, 0.25) is 5.88 Å². The van der Waals surface area contributed by atoms with Crippen LogP contribution in [0.3, 0.4) is 0 Å². The van der Waals surface area contributed by atoms with E-state index in [1.165, 1.54) is 16.8 Å². The Kier molecular flexibility index (Phi) is 5.52. The molecule has 0 saturated carbocycles. The highest BCUT2D eigenvalue weighted by molar-refractivity contribution is 5.56. The van der Waals surface area contributed by atoms with Crippen LogP contribution in [-0.2, 0) is 13.7 Å². The fourth-order valence-electron chi connectivity index (χ4n) is 2.91. The number of hydrogen-bond acceptors (Lipinski definition) is 8. The SMILES string of the molecule is CNc1cc(C)nn1-c1ccc(OCc2c(-c3ccc(C(F)F)cn3)nnn2C)nn1. The summed E-state index contributed by atoms with van der Waals surface area (Å²) in [4.78, 5) is 4.07. The Morgan fingerprint density at radius 3 is 2.61 bits per heavy atom. The molecule has 0 aliphatic heterocycles. The maximum absolute atomic E-state index is 12.8. The Hall–Kier alpha value is -3.96. The monoisotopic (exact) mass is 427 g/mol. The van der Waals surface area contributed by atoms with Crippen LogP contribution in [0.25, 0.3) is 17.2 Å². The van der Waals surface area contributed by atoms with Gasteiger partial charge in [-0.25, -0.2) is 13.5 Å². The summed E-state index contributed by atoms with van der Waals surface area (Å²) in [6.07, 6.45) is -1.46. The molecule has 31 heavy (non-hydrogen) atoms. The van der Waals surface area contributed by atoms with Crippen molar-refractivity contribution in [2.24, 2.45) is 7.05 Å². The predicted octanol–water partition coefficient (Wildman–Crippen LogP) is 2.72. The van der Waals surface area contributed by atoms with Gasteiger partial charge in [0.25, 0.3) is 6.43 Å². The number of ether oxygens (including phenoxy) is 1. The number of hydrogen-bond donors (Lipinski definition) is 1. The molecule has 4 rings (SSSR count). The van der Waals surface area contributed by atoms with Crippen molar-refractivity contribution in [3.63, 3.8) is 0 Å². The Balaban J connectivity index is 1.50. The van der Waals surface area contributed by atoms with Gasteiger partial charge in [-0.2, -0.15) is 9.78 Å². The smallest absolute Gasteiger partial charge is 0.265 e. The molecule has 0 radical (unpaired) electrons. The van der Waals surface area contributed by atoms with Crippen LogP contribution in [0.1, 0.15) is 23.4 Å². The van der Waals surface area contributed by atoms with Crippen molar-refractivity contribution in [2.45, 2.75) is 20.0 Å². The Morgan fingerprint density at radius 1 is 1.13 bits per heavy atom. The van der Waals surface area contributed by atoms with Gasteiger partial charge in [0.05, 0.1) is 11.4 Å². The average molecular weight is 427 g/mol. The quantitative estimate of drug-likeness (QED) is 0.480. The topological polar surface area (TPSA) is 108 Å². The number of nitrogens with one attached hydrogen (secondary N) is 1. The van der Waals surface area contributed by atoms with Crippen LogP contribution in [0.5, 0.6) is 5.88 Å². The Bertz CT molecular complexity index is 1170. The molecule has 10 nitrogen and oxygen atoms in total. The number of rotatable bonds is 7. The van der Waals surface area contributed by atoms with Gasteiger partial charge in [-0.1, -0.05) is 5.21 Å². The van der Waals surface area contributed by atoms with E-state index in [-0.39, 0.29) is 12.2 Å². The highest BCUT2D eigenvalue weighted by Crippen LogP contribution is 2.24. The molecular weight excluding hydrogens is 408 g/mol. The molecule has 0 aromatic carbocycles. The molecular formula is C19H19F2N9O. The molecule has 0 fully saturated rings. The van der Waals surface area contributed by atoms with Gasteiger partial charge in [0, 0.05) is 38.0 Å². The van der Waals surface area contributed by atoms with E-state index in [2.05, 4.69) is 35.9 Å². The van der Waals surface area contributed by atoms with Gasteiger partial charge in [0.15, 0.2) is 5.82 Å². The van der Waals surface area contributed by atoms with E-state index >= 15 is 0 Å². The van der Waals surface area contributed by atoms with Crippen molar-refractivity contribution in [2.75, 3.05) is 12.4 Å². The van der Waals surface area contributed by atoms with Crippen LogP contribution in [-0.4, -0.2) is 47.0 Å². The Labute approximate surface area is 175 Å². The molecule has 1 N–H and O–H groups in total. The minimum Gasteiger partial charge on any atom is -0.470 e. The van der Waals surface area contributed by atoms with Crippen molar-refractivity contribution in [3.05, 3.63) is 53.5 Å². The second-order valence-electron chi connectivity index (χ2n) is 6.64. The lowest BCUT2D eigenvalue weighted by Crippen LogP contribution is -2.08. The Morgan fingerprint density at radius 2 is 1.97 bits per heavy atom. The van der Waals surface area contributed by atoms with Crippen LogP contribution in [0, 0.1) is 6.92 Å². The molecule has 0 aliphatic carbocycles. The second kappa shape index (κ2) is 8.42. The lowest BCUT2D eigenvalue weighted by Gasteiger charge is -2.08. The molecule has 12 heteroatoms. The molecule has 4 heterocycles. The van der Waals surface area contributed by atoms with E-state index in [9.17, 15) is 8.78 Å². The third kappa shape index (κ3) is 4.17. The number of nitrogens with zero attached hydrogens (tertiary/aromatic N) is 8. The maximum atomic E-state index is 12.8. The van der Waals surface area contributed by atoms with Gasteiger partial charge in [-0.3, -0.25) is 4.98 Å². The summed E-state index contributed by atoms with van der Waals surface area (Å²) < 4.78 is 34.4. The maximum Gasteiger partial charge on any atom is 0.265 e. The van der Waals surface area contributed by atoms with E-state index in [1.54, 1.807) is 30.9 Å². The van der Waals surface area contributed by atoms with Crippen LogP contribution in [0.15, 0.2) is 36.5 Å². The molecule has 0 atom stereocenters. The van der Waals surface area contributed by atoms with E-state index in [0.29, 0.717) is 28.8 Å². The van der Waals surface area contributed by atoms with Crippen molar-refractivity contribution in [3.8, 4) is 23.1 Å². The van der Waals surface area contributed by atoms with Crippen molar-refractivity contribution in [1.82, 2.24) is 40.0 Å². The normalized spacial score (nSPS) is 11.2. The molecule has 0 amide bonds. The second-order valence-corrected chi connectivity index (χ2v) is 6.64. The molecule has 0 bridgehead atoms. The number of aromatic nitrogens is 8. The number of halogens is 2. The number of pyridine rings is 1. The lowest BCUT2D eigenvalue weighted by atomic mass is 10.2. The minimum absolute atomic E-state index is 0.0911. The zero-order chi connectivity index (χ0) is 22.0. The summed E-state index contributed by atoms with van der Waals surface area (Å²) in [6, 6.07) is 8.10. The van der Waals surface area contributed by atoms with E-state index in [4.69, 9.17) is 4.74 Å². The van der Waals surface area contributed by atoms with Gasteiger partial charge < -0.3 is 10.1 Å². The average Bonchev–Trinajstić information content (AvgIpc) is 3.34. The molecule has 0 unspecified atom stereocenters. The van der Waals surface area contributed by atoms with E-state index < -0.39 is 6.43 Å². The van der Waals surface area contributed by atoms with Crippen LogP contribution < -0.4 is 10.1 Å². The largest absolute Gasteiger partial charge is 0.470 e. The first-order chi connectivity index (χ1) is 15.0. The van der Waals surface area contributed by atoms with E-state index in [1.807, 2.05) is 13.0 Å². The third-order valence-electron chi connectivity index (χ3n) is 4.51. The molecule has 0 saturated heterocycles. The van der Waals surface area contributed by atoms with E-state index in [0.717, 1.165) is 17.7 Å². The molecule has 4 aromatic heterocycles. The van der Waals surface area contributed by atoms with Crippen molar-refractivity contribution >= 4 is 5.82 Å². The summed E-state index contributed by atoms with van der Waals surface area (Å²) in [5.41, 5.74) is 2.17. The fraction of sp³-hybridized carbons (Fsp3) is 0.263. The number of aryl methyl sites for hydroxylation is 2. The summed E-state index contributed by atoms with van der Waals surface area (Å²) in [7, 11) is 3.50. The molecule has 4 aromatic rings. The number of alkyl halides is 2. The fourth-order valence-corrected chi connectivity index (χ4v) is 2.91. The summed E-state index contributed by atoms with van der Waals surface area (Å²) in [5, 5.41) is 23.7. The first-order valence-corrected chi connectivity index (χ1v) is 9.30. The van der Waals surface area contributed by atoms with Gasteiger partial charge in [0.1, 0.15) is 23.8 Å². The van der Waals surface area contributed by atoms with Gasteiger partial charge >= 0.3 is 0 Å². The highest BCUT2D eigenvalue weighted by Gasteiger charge is 2.17. The first-order valence-electron chi connectivity index (χ1n) is 9.30. The van der Waals surface area contributed by atoms with Gasteiger partial charge in [-0.15, -0.1) is 15.3 Å². The summed E-state index contributed by atoms with van der Waals surface area (Å²) in [6.45, 7) is 1.98. The van der Waals surface area contributed by atoms with Crippen molar-refractivity contribution < 1.29 is 13.5 Å². The molecule has 0 aliphatic rings. The highest BCUT2D eigenvalue weighted by atomic mass is 19.3. The molecule has 160 valence electrons. The molecule has 0 spiro atoms. The standard InChI is InChI=1S/C19H19F2N9O/c1-11-8-16(22-2)30(27-11)15-6-7-17(25-24-15)31-10-14-18(26-28-29(14)3)13-5-4-12(9-23-13)19(20)21/h4-9,19,22H,10H2,1-3H3. The minimum atomic E-state index is -2.58. The number of anilines is 1. The van der Waals surface area contributed by atoms with Crippen molar-refractivity contribution in [1.29, 1.82) is 0 Å². The summed E-state index contributed by atoms with van der Waals surface area (Å²) >= 11 is 0. The third-order valence-corrected chi connectivity index (χ3v) is 4.51. The first kappa shape index (κ1) is 20.3. The zero-order valence-electron chi connectivity index (χ0n) is 17.0. The van der Waals surface area contributed by atoms with Crippen LogP contribution in [0.4, 0.5) is 14.6 Å².